The van der Waals surface area contributed by atoms with Gasteiger partial charge in [-0.05, 0) is 12.8 Å². The van der Waals surface area contributed by atoms with Crippen molar-refractivity contribution in [2.24, 2.45) is 11.8 Å². The first-order chi connectivity index (χ1) is 11.6. The predicted octanol–water partition coefficient (Wildman–Crippen LogP) is 1.06. The summed E-state index contributed by atoms with van der Waals surface area (Å²) in [5.74, 6) is -2.64. The Morgan fingerprint density at radius 3 is 1.92 bits per heavy atom. The molecule has 138 valence electrons. The summed E-state index contributed by atoms with van der Waals surface area (Å²) >= 11 is 0. The van der Waals surface area contributed by atoms with Crippen molar-refractivity contribution >= 4 is 11.9 Å². The van der Waals surface area contributed by atoms with E-state index in [4.69, 9.17) is 18.9 Å². The second kappa shape index (κ2) is 8.78. The average Bonchev–Trinajstić information content (AvgIpc) is 3.10. The molecule has 2 rings (SSSR count). The summed E-state index contributed by atoms with van der Waals surface area (Å²) in [4.78, 5) is 24.9. The molecule has 0 aliphatic carbocycles. The highest BCUT2D eigenvalue weighted by molar-refractivity contribution is 5.84. The van der Waals surface area contributed by atoms with Crippen molar-refractivity contribution in [3.05, 3.63) is 0 Å². The molecule has 0 amide bonds. The Hall–Kier alpha value is -1.18. The Morgan fingerprint density at radius 2 is 1.46 bits per heavy atom. The molecule has 0 aromatic rings. The fraction of sp³-hybridized carbons (Fsp3) is 0.882. The van der Waals surface area contributed by atoms with Gasteiger partial charge in [-0.25, -0.2) is 0 Å². The quantitative estimate of drug-likeness (QED) is 0.494. The first-order valence-corrected chi connectivity index (χ1v) is 8.76. The van der Waals surface area contributed by atoms with Gasteiger partial charge in [0.15, 0.2) is 0 Å². The molecule has 0 spiro atoms. The smallest absolute Gasteiger partial charge is 0.312 e. The zero-order valence-corrected chi connectivity index (χ0v) is 14.6. The van der Waals surface area contributed by atoms with E-state index in [-0.39, 0.29) is 0 Å². The molecule has 7 nitrogen and oxygen atoms in total. The number of hydrogen-bond donors (Lipinski definition) is 1. The lowest BCUT2D eigenvalue weighted by Crippen LogP contribution is -2.53. The van der Waals surface area contributed by atoms with E-state index in [1.54, 1.807) is 0 Å². The molecule has 6 atom stereocenters. The first kappa shape index (κ1) is 19.1. The second-order valence-corrected chi connectivity index (χ2v) is 6.35. The van der Waals surface area contributed by atoms with Crippen molar-refractivity contribution in [3.8, 4) is 0 Å². The van der Waals surface area contributed by atoms with Crippen LogP contribution >= 0.6 is 0 Å². The number of aliphatic hydroxyl groups is 1. The average molecular weight is 344 g/mol. The number of aliphatic hydroxyl groups excluding tert-OH is 1. The van der Waals surface area contributed by atoms with Crippen molar-refractivity contribution in [1.29, 1.82) is 0 Å². The highest BCUT2D eigenvalue weighted by atomic mass is 16.6. The van der Waals surface area contributed by atoms with E-state index in [2.05, 4.69) is 0 Å². The van der Waals surface area contributed by atoms with Crippen molar-refractivity contribution < 1.29 is 33.6 Å². The number of ether oxygens (including phenoxy) is 4. The maximum absolute atomic E-state index is 12.5. The third-order valence-electron chi connectivity index (χ3n) is 4.71. The number of carbonyl (C=O) groups excluding carboxylic acids is 2. The van der Waals surface area contributed by atoms with Crippen LogP contribution in [0.15, 0.2) is 0 Å². The maximum Gasteiger partial charge on any atom is 0.312 e. The molecule has 7 heteroatoms. The molecule has 0 aromatic heterocycles. The zero-order valence-electron chi connectivity index (χ0n) is 14.6. The third-order valence-corrected chi connectivity index (χ3v) is 4.71. The molecule has 0 aromatic carbocycles. The highest BCUT2D eigenvalue weighted by Crippen LogP contribution is 2.46. The number of esters is 2. The molecule has 2 bridgehead atoms. The Balaban J connectivity index is 2.10. The normalized spacial score (nSPS) is 34.3. The Kier molecular flexibility index (Phi) is 7.01. The van der Waals surface area contributed by atoms with E-state index in [0.29, 0.717) is 13.2 Å². The molecule has 4 unspecified atom stereocenters. The zero-order chi connectivity index (χ0) is 17.7. The molecule has 24 heavy (non-hydrogen) atoms. The predicted molar refractivity (Wildman–Crippen MR) is 84.2 cm³/mol. The summed E-state index contributed by atoms with van der Waals surface area (Å²) in [7, 11) is 1.45. The van der Waals surface area contributed by atoms with Crippen molar-refractivity contribution in [1.82, 2.24) is 0 Å². The van der Waals surface area contributed by atoms with Crippen LogP contribution in [-0.2, 0) is 28.5 Å². The van der Waals surface area contributed by atoms with Gasteiger partial charge in [-0.3, -0.25) is 9.59 Å². The van der Waals surface area contributed by atoms with E-state index in [1.165, 1.54) is 7.11 Å². The van der Waals surface area contributed by atoms with Gasteiger partial charge >= 0.3 is 11.9 Å². The number of hydrogen-bond acceptors (Lipinski definition) is 7. The van der Waals surface area contributed by atoms with Gasteiger partial charge < -0.3 is 24.1 Å². The Bertz CT molecular complexity index is 439. The first-order valence-electron chi connectivity index (χ1n) is 8.76. The fourth-order valence-corrected chi connectivity index (χ4v) is 3.38. The second-order valence-electron chi connectivity index (χ2n) is 6.35. The highest BCUT2D eigenvalue weighted by Gasteiger charge is 2.65. The van der Waals surface area contributed by atoms with Crippen LogP contribution in [0.4, 0.5) is 0 Å². The monoisotopic (exact) mass is 344 g/mol. The lowest BCUT2D eigenvalue weighted by atomic mass is 9.76. The minimum absolute atomic E-state index is 0.296. The van der Waals surface area contributed by atoms with Gasteiger partial charge in [0.2, 0.25) is 0 Å². The standard InChI is InChI=1S/C17H28O7/c1-4-6-8-22-16(19)10-11(17(20)23-9-7-5-2)14-15(21-3)12(18)13(10)24-14/h10-15,18H,4-9H2,1-3H3/t10?,11?,12-,13+,14?,15?/m1/s1. The number of fused-ring (bicyclic) bond motifs is 2. The van der Waals surface area contributed by atoms with E-state index in [0.717, 1.165) is 25.7 Å². The van der Waals surface area contributed by atoms with Crippen LogP contribution in [0.2, 0.25) is 0 Å². The lowest BCUT2D eigenvalue weighted by Gasteiger charge is -2.32. The summed E-state index contributed by atoms with van der Waals surface area (Å²) in [6.07, 6.45) is 0.240. The van der Waals surface area contributed by atoms with Crippen molar-refractivity contribution in [2.75, 3.05) is 20.3 Å². The van der Waals surface area contributed by atoms with Gasteiger partial charge in [-0.15, -0.1) is 0 Å². The molecule has 2 aliphatic rings. The van der Waals surface area contributed by atoms with Crippen molar-refractivity contribution in [2.45, 2.75) is 63.9 Å². The van der Waals surface area contributed by atoms with E-state index in [1.807, 2.05) is 13.8 Å². The number of rotatable bonds is 9. The van der Waals surface area contributed by atoms with Crippen LogP contribution < -0.4 is 0 Å². The summed E-state index contributed by atoms with van der Waals surface area (Å²) in [5, 5.41) is 10.3. The van der Waals surface area contributed by atoms with E-state index in [9.17, 15) is 14.7 Å². The maximum atomic E-state index is 12.5. The molecule has 2 fully saturated rings. The molecule has 0 radical (unpaired) electrons. The van der Waals surface area contributed by atoms with Gasteiger partial charge in [0.1, 0.15) is 36.3 Å². The molecule has 2 aliphatic heterocycles. The fourth-order valence-electron chi connectivity index (χ4n) is 3.38. The molecule has 1 N–H and O–H groups in total. The van der Waals surface area contributed by atoms with Crippen LogP contribution in [0.5, 0.6) is 0 Å². The molecular formula is C17H28O7. The van der Waals surface area contributed by atoms with E-state index < -0.39 is 48.2 Å². The van der Waals surface area contributed by atoms with E-state index >= 15 is 0 Å². The summed E-state index contributed by atoms with van der Waals surface area (Å²) in [6.45, 7) is 4.60. The number of carbonyl (C=O) groups is 2. The van der Waals surface area contributed by atoms with Gasteiger partial charge in [0, 0.05) is 7.11 Å². The minimum atomic E-state index is -0.955. The summed E-state index contributed by atoms with van der Waals surface area (Å²) < 4.78 is 21.5. The number of unbranched alkanes of at least 4 members (excludes halogenated alkanes) is 2. The molecular weight excluding hydrogens is 316 g/mol. The van der Waals surface area contributed by atoms with Crippen LogP contribution in [0.1, 0.15) is 39.5 Å². The van der Waals surface area contributed by atoms with Crippen LogP contribution in [0.25, 0.3) is 0 Å². The van der Waals surface area contributed by atoms with Crippen LogP contribution in [-0.4, -0.2) is 61.8 Å². The van der Waals surface area contributed by atoms with Gasteiger partial charge in [0.25, 0.3) is 0 Å². The summed E-state index contributed by atoms with van der Waals surface area (Å²) in [5.41, 5.74) is 0. The Labute approximate surface area is 142 Å². The SMILES string of the molecule is CCCCOC(=O)C1C2O[C@@H](C1C(=O)OCCCC)[C@@H](O)C2OC. The summed E-state index contributed by atoms with van der Waals surface area (Å²) in [6, 6.07) is 0. The number of methoxy groups -OCH3 is 1. The molecule has 2 saturated heterocycles. The third kappa shape index (κ3) is 3.73. The van der Waals surface area contributed by atoms with Gasteiger partial charge in [0.05, 0.1) is 13.2 Å². The minimum Gasteiger partial charge on any atom is -0.465 e. The van der Waals surface area contributed by atoms with Crippen LogP contribution in [0.3, 0.4) is 0 Å². The van der Waals surface area contributed by atoms with Gasteiger partial charge in [-0.1, -0.05) is 26.7 Å². The topological polar surface area (TPSA) is 91.3 Å². The molecule has 2 heterocycles. The van der Waals surface area contributed by atoms with Crippen molar-refractivity contribution in [3.63, 3.8) is 0 Å². The van der Waals surface area contributed by atoms with Gasteiger partial charge in [-0.2, -0.15) is 0 Å². The largest absolute Gasteiger partial charge is 0.465 e. The van der Waals surface area contributed by atoms with Crippen LogP contribution in [0, 0.1) is 11.8 Å². The molecule has 0 saturated carbocycles. The Morgan fingerprint density at radius 1 is 0.958 bits per heavy atom. The lowest BCUT2D eigenvalue weighted by molar-refractivity contribution is -0.167.